The fraction of sp³-hybridized carbons (Fsp3) is 0.421. The molecule has 1 aromatic carbocycles. The average molecular weight is 340 g/mol. The third kappa shape index (κ3) is 4.07. The lowest BCUT2D eigenvalue weighted by Gasteiger charge is -2.30. The van der Waals surface area contributed by atoms with Gasteiger partial charge in [-0.2, -0.15) is 0 Å². The first kappa shape index (κ1) is 17.2. The minimum Gasteiger partial charge on any atom is -0.495 e. The second-order valence-electron chi connectivity index (χ2n) is 6.59. The predicted molar refractivity (Wildman–Crippen MR) is 97.3 cm³/mol. The normalized spacial score (nSPS) is 15.1. The summed E-state index contributed by atoms with van der Waals surface area (Å²) < 4.78 is 5.37. The number of amides is 1. The molecule has 1 aliphatic rings. The van der Waals surface area contributed by atoms with Crippen molar-refractivity contribution in [1.29, 1.82) is 0 Å². The first-order valence-electron chi connectivity index (χ1n) is 8.60. The highest BCUT2D eigenvalue weighted by atomic mass is 16.5. The Kier molecular flexibility index (Phi) is 5.16. The Morgan fingerprint density at radius 2 is 2.00 bits per heavy atom. The Balaban J connectivity index is 1.78. The highest BCUT2D eigenvalue weighted by Gasteiger charge is 2.22. The zero-order valence-electron chi connectivity index (χ0n) is 15.0. The summed E-state index contributed by atoms with van der Waals surface area (Å²) >= 11 is 0. The summed E-state index contributed by atoms with van der Waals surface area (Å²) in [5.74, 6) is 1.95. The maximum atomic E-state index is 12.7. The van der Waals surface area contributed by atoms with E-state index in [-0.39, 0.29) is 5.91 Å². The molecule has 1 fully saturated rings. The van der Waals surface area contributed by atoms with Crippen LogP contribution in [0.1, 0.15) is 35.8 Å². The molecule has 0 bridgehead atoms. The number of carbonyl (C=O) groups is 1. The molecule has 0 saturated carbocycles. The van der Waals surface area contributed by atoms with Crippen LogP contribution in [0.3, 0.4) is 0 Å². The topological polar surface area (TPSA) is 67.3 Å². The second-order valence-corrected chi connectivity index (χ2v) is 6.59. The van der Waals surface area contributed by atoms with Crippen molar-refractivity contribution in [3.63, 3.8) is 0 Å². The van der Waals surface area contributed by atoms with Crippen molar-refractivity contribution >= 4 is 17.4 Å². The number of hydrogen-bond donors (Lipinski definition) is 1. The molecule has 1 aliphatic heterocycles. The summed E-state index contributed by atoms with van der Waals surface area (Å²) in [5.41, 5.74) is 2.33. The molecule has 2 aromatic rings. The van der Waals surface area contributed by atoms with E-state index < -0.39 is 0 Å². The van der Waals surface area contributed by atoms with Gasteiger partial charge in [0, 0.05) is 19.2 Å². The number of methoxy groups -OCH3 is 1. The number of aryl methyl sites for hydroxylation is 1. The number of likely N-dealkylation sites (tertiary alicyclic amines) is 1. The van der Waals surface area contributed by atoms with Crippen molar-refractivity contribution < 1.29 is 9.53 Å². The average Bonchev–Trinajstić information content (AvgIpc) is 2.62. The molecule has 1 aromatic heterocycles. The van der Waals surface area contributed by atoms with Crippen molar-refractivity contribution in [3.8, 4) is 5.75 Å². The van der Waals surface area contributed by atoms with E-state index >= 15 is 0 Å². The standard InChI is InChI=1S/C19H24N4O2/c1-13-6-8-23(9-7-13)19(24)16-11-18(21-12-20-16)22-15-10-14(2)4-5-17(15)25-3/h4-5,10-13H,6-9H2,1-3H3,(H,20,21,22). The van der Waals surface area contributed by atoms with Gasteiger partial charge in [-0.05, 0) is 43.4 Å². The molecule has 2 heterocycles. The number of anilines is 2. The Labute approximate surface area is 148 Å². The van der Waals surface area contributed by atoms with Gasteiger partial charge in [0.1, 0.15) is 23.6 Å². The Hall–Kier alpha value is -2.63. The van der Waals surface area contributed by atoms with Gasteiger partial charge in [-0.25, -0.2) is 9.97 Å². The Morgan fingerprint density at radius 3 is 2.72 bits per heavy atom. The highest BCUT2D eigenvalue weighted by Crippen LogP contribution is 2.28. The van der Waals surface area contributed by atoms with Crippen LogP contribution in [0.15, 0.2) is 30.6 Å². The number of aromatic nitrogens is 2. The van der Waals surface area contributed by atoms with Gasteiger partial charge in [-0.3, -0.25) is 4.79 Å². The molecule has 132 valence electrons. The summed E-state index contributed by atoms with van der Waals surface area (Å²) in [7, 11) is 1.63. The van der Waals surface area contributed by atoms with Crippen molar-refractivity contribution in [3.05, 3.63) is 41.9 Å². The van der Waals surface area contributed by atoms with Crippen molar-refractivity contribution in [2.75, 3.05) is 25.5 Å². The quantitative estimate of drug-likeness (QED) is 0.924. The largest absolute Gasteiger partial charge is 0.495 e. The SMILES string of the molecule is COc1ccc(C)cc1Nc1cc(C(=O)N2CCC(C)CC2)ncn1. The van der Waals surface area contributed by atoms with Crippen LogP contribution in [0, 0.1) is 12.8 Å². The van der Waals surface area contributed by atoms with E-state index in [1.54, 1.807) is 13.2 Å². The summed E-state index contributed by atoms with van der Waals surface area (Å²) in [6.45, 7) is 5.82. The molecular weight excluding hydrogens is 316 g/mol. The molecule has 0 aliphatic carbocycles. The summed E-state index contributed by atoms with van der Waals surface area (Å²) in [6.07, 6.45) is 3.51. The third-order valence-electron chi connectivity index (χ3n) is 4.57. The molecule has 1 amide bonds. The number of piperidine rings is 1. The molecule has 6 heteroatoms. The van der Waals surface area contributed by atoms with E-state index in [4.69, 9.17) is 4.74 Å². The number of hydrogen-bond acceptors (Lipinski definition) is 5. The van der Waals surface area contributed by atoms with Gasteiger partial charge >= 0.3 is 0 Å². The molecule has 3 rings (SSSR count). The first-order chi connectivity index (χ1) is 12.1. The number of carbonyl (C=O) groups excluding carboxylic acids is 1. The maximum absolute atomic E-state index is 12.7. The molecular formula is C19H24N4O2. The number of benzene rings is 1. The fourth-order valence-corrected chi connectivity index (χ4v) is 2.97. The van der Waals surface area contributed by atoms with Crippen LogP contribution in [-0.2, 0) is 0 Å². The Bertz CT molecular complexity index is 755. The van der Waals surface area contributed by atoms with E-state index in [0.29, 0.717) is 17.4 Å². The first-order valence-corrected chi connectivity index (χ1v) is 8.60. The lowest BCUT2D eigenvalue weighted by atomic mass is 9.99. The molecule has 1 N–H and O–H groups in total. The lowest BCUT2D eigenvalue weighted by Crippen LogP contribution is -2.38. The fourth-order valence-electron chi connectivity index (χ4n) is 2.97. The van der Waals surface area contributed by atoms with Crippen LogP contribution in [0.4, 0.5) is 11.5 Å². The van der Waals surface area contributed by atoms with Gasteiger partial charge in [0.05, 0.1) is 12.8 Å². The van der Waals surface area contributed by atoms with E-state index in [0.717, 1.165) is 42.9 Å². The molecule has 1 saturated heterocycles. The van der Waals surface area contributed by atoms with Crippen LogP contribution in [0.5, 0.6) is 5.75 Å². The Morgan fingerprint density at radius 1 is 1.24 bits per heavy atom. The zero-order chi connectivity index (χ0) is 17.8. The predicted octanol–water partition coefficient (Wildman–Crippen LogP) is 3.41. The van der Waals surface area contributed by atoms with Crippen LogP contribution in [0.25, 0.3) is 0 Å². The monoisotopic (exact) mass is 340 g/mol. The zero-order valence-corrected chi connectivity index (χ0v) is 15.0. The van der Waals surface area contributed by atoms with Crippen molar-refractivity contribution in [2.24, 2.45) is 5.92 Å². The van der Waals surface area contributed by atoms with E-state index in [2.05, 4.69) is 22.2 Å². The van der Waals surface area contributed by atoms with Gasteiger partial charge < -0.3 is 15.0 Å². The van der Waals surface area contributed by atoms with Crippen LogP contribution < -0.4 is 10.1 Å². The minimum absolute atomic E-state index is 0.0337. The number of nitrogens with zero attached hydrogens (tertiary/aromatic N) is 3. The third-order valence-corrected chi connectivity index (χ3v) is 4.57. The molecule has 25 heavy (non-hydrogen) atoms. The highest BCUT2D eigenvalue weighted by molar-refractivity contribution is 5.93. The van der Waals surface area contributed by atoms with E-state index in [1.807, 2.05) is 30.0 Å². The minimum atomic E-state index is -0.0337. The summed E-state index contributed by atoms with van der Waals surface area (Å²) in [5, 5.41) is 3.22. The smallest absolute Gasteiger partial charge is 0.272 e. The van der Waals surface area contributed by atoms with Crippen LogP contribution in [-0.4, -0.2) is 41.0 Å². The summed E-state index contributed by atoms with van der Waals surface area (Å²) in [4.78, 5) is 22.9. The van der Waals surface area contributed by atoms with E-state index in [1.165, 1.54) is 6.33 Å². The molecule has 0 spiro atoms. The number of ether oxygens (including phenoxy) is 1. The van der Waals surface area contributed by atoms with Gasteiger partial charge in [-0.1, -0.05) is 13.0 Å². The number of rotatable bonds is 4. The molecule has 0 atom stereocenters. The van der Waals surface area contributed by atoms with Crippen LogP contribution in [0.2, 0.25) is 0 Å². The molecule has 0 unspecified atom stereocenters. The van der Waals surface area contributed by atoms with Crippen molar-refractivity contribution in [1.82, 2.24) is 14.9 Å². The molecule has 6 nitrogen and oxygen atoms in total. The lowest BCUT2D eigenvalue weighted by molar-refractivity contribution is 0.0691. The van der Waals surface area contributed by atoms with E-state index in [9.17, 15) is 4.79 Å². The second kappa shape index (κ2) is 7.51. The van der Waals surface area contributed by atoms with Gasteiger partial charge in [-0.15, -0.1) is 0 Å². The maximum Gasteiger partial charge on any atom is 0.272 e. The van der Waals surface area contributed by atoms with Gasteiger partial charge in [0.15, 0.2) is 0 Å². The van der Waals surface area contributed by atoms with Crippen molar-refractivity contribution in [2.45, 2.75) is 26.7 Å². The summed E-state index contributed by atoms with van der Waals surface area (Å²) in [6, 6.07) is 7.56. The van der Waals surface area contributed by atoms with Gasteiger partial charge in [0.25, 0.3) is 5.91 Å². The number of nitrogens with one attached hydrogen (secondary N) is 1. The van der Waals surface area contributed by atoms with Gasteiger partial charge in [0.2, 0.25) is 0 Å². The molecule has 0 radical (unpaired) electrons. The van der Waals surface area contributed by atoms with Crippen LogP contribution >= 0.6 is 0 Å².